The van der Waals surface area contributed by atoms with E-state index in [0.717, 1.165) is 10.7 Å². The summed E-state index contributed by atoms with van der Waals surface area (Å²) >= 11 is 1.62. The van der Waals surface area contributed by atoms with Gasteiger partial charge in [-0.2, -0.15) is 0 Å². The van der Waals surface area contributed by atoms with Gasteiger partial charge in [0.15, 0.2) is 0 Å². The molecule has 0 aliphatic heterocycles. The first-order valence-electron chi connectivity index (χ1n) is 3.42. The van der Waals surface area contributed by atoms with Crippen LogP contribution in [0.15, 0.2) is 5.38 Å². The van der Waals surface area contributed by atoms with Gasteiger partial charge in [-0.1, -0.05) is 0 Å². The fourth-order valence-electron chi connectivity index (χ4n) is 0.866. The molecule has 1 aromatic rings. The second-order valence-electron chi connectivity index (χ2n) is 2.25. The quantitative estimate of drug-likeness (QED) is 0.742. The summed E-state index contributed by atoms with van der Waals surface area (Å²) in [6.45, 7) is 2.46. The van der Waals surface area contributed by atoms with E-state index in [1.807, 2.05) is 12.3 Å². The fourth-order valence-corrected chi connectivity index (χ4v) is 1.52. The first kappa shape index (κ1) is 8.64. The SMILES string of the molecule is COC(CN)c1csc(C)n1. The molecule has 0 spiro atoms. The molecule has 3 nitrogen and oxygen atoms in total. The van der Waals surface area contributed by atoms with Crippen LogP contribution in [-0.4, -0.2) is 18.6 Å². The van der Waals surface area contributed by atoms with Gasteiger partial charge in [-0.15, -0.1) is 11.3 Å². The molecular formula is C7H12N2OS. The Bertz CT molecular complexity index is 220. The Hall–Kier alpha value is -0.450. The highest BCUT2D eigenvalue weighted by Gasteiger charge is 2.10. The van der Waals surface area contributed by atoms with Gasteiger partial charge in [0.25, 0.3) is 0 Å². The number of hydrogen-bond acceptors (Lipinski definition) is 4. The number of aryl methyl sites for hydroxylation is 1. The van der Waals surface area contributed by atoms with Gasteiger partial charge in [0, 0.05) is 19.0 Å². The van der Waals surface area contributed by atoms with Crippen molar-refractivity contribution in [1.82, 2.24) is 4.98 Å². The van der Waals surface area contributed by atoms with Crippen molar-refractivity contribution in [3.63, 3.8) is 0 Å². The van der Waals surface area contributed by atoms with Gasteiger partial charge in [-0.3, -0.25) is 0 Å². The minimum Gasteiger partial charge on any atom is -0.374 e. The van der Waals surface area contributed by atoms with E-state index in [1.165, 1.54) is 0 Å². The molecule has 1 rings (SSSR count). The number of methoxy groups -OCH3 is 1. The van der Waals surface area contributed by atoms with Gasteiger partial charge >= 0.3 is 0 Å². The number of thiazole rings is 1. The number of ether oxygens (including phenoxy) is 1. The highest BCUT2D eigenvalue weighted by molar-refractivity contribution is 7.09. The predicted octanol–water partition coefficient (Wildman–Crippen LogP) is 1.10. The zero-order valence-electron chi connectivity index (χ0n) is 6.70. The number of hydrogen-bond donors (Lipinski definition) is 1. The van der Waals surface area contributed by atoms with Crippen LogP contribution in [0.2, 0.25) is 0 Å². The van der Waals surface area contributed by atoms with Crippen LogP contribution < -0.4 is 5.73 Å². The van der Waals surface area contributed by atoms with E-state index < -0.39 is 0 Å². The molecular weight excluding hydrogens is 160 g/mol. The van der Waals surface area contributed by atoms with Crippen molar-refractivity contribution in [3.8, 4) is 0 Å². The molecule has 62 valence electrons. The van der Waals surface area contributed by atoms with Gasteiger partial charge < -0.3 is 10.5 Å². The first-order chi connectivity index (χ1) is 5.27. The van der Waals surface area contributed by atoms with E-state index in [1.54, 1.807) is 18.4 Å². The van der Waals surface area contributed by atoms with E-state index in [9.17, 15) is 0 Å². The molecule has 0 saturated carbocycles. The molecule has 0 aliphatic carbocycles. The second-order valence-corrected chi connectivity index (χ2v) is 3.31. The summed E-state index contributed by atoms with van der Waals surface area (Å²) < 4.78 is 5.12. The molecule has 1 aromatic heterocycles. The maximum absolute atomic E-state index is 5.46. The van der Waals surface area contributed by atoms with E-state index in [0.29, 0.717) is 6.54 Å². The van der Waals surface area contributed by atoms with Crippen molar-refractivity contribution in [2.24, 2.45) is 5.73 Å². The summed E-state index contributed by atoms with van der Waals surface area (Å²) in [6.07, 6.45) is -0.0417. The smallest absolute Gasteiger partial charge is 0.112 e. The molecule has 1 heterocycles. The fraction of sp³-hybridized carbons (Fsp3) is 0.571. The monoisotopic (exact) mass is 172 g/mol. The van der Waals surface area contributed by atoms with Crippen LogP contribution >= 0.6 is 11.3 Å². The van der Waals surface area contributed by atoms with Gasteiger partial charge in [-0.25, -0.2) is 4.98 Å². The normalized spacial score (nSPS) is 13.4. The van der Waals surface area contributed by atoms with Crippen LogP contribution in [0.5, 0.6) is 0 Å². The molecule has 0 amide bonds. The van der Waals surface area contributed by atoms with Gasteiger partial charge in [-0.05, 0) is 6.92 Å². The molecule has 0 bridgehead atoms. The Morgan fingerprint density at radius 1 is 1.82 bits per heavy atom. The molecule has 0 aromatic carbocycles. The van der Waals surface area contributed by atoms with Crippen molar-refractivity contribution in [2.75, 3.05) is 13.7 Å². The van der Waals surface area contributed by atoms with E-state index in [4.69, 9.17) is 10.5 Å². The molecule has 2 N–H and O–H groups in total. The Labute approximate surface area is 70.2 Å². The van der Waals surface area contributed by atoms with Crippen molar-refractivity contribution in [1.29, 1.82) is 0 Å². The zero-order valence-corrected chi connectivity index (χ0v) is 7.52. The Kier molecular flexibility index (Phi) is 2.99. The molecule has 4 heteroatoms. The maximum Gasteiger partial charge on any atom is 0.112 e. The lowest BCUT2D eigenvalue weighted by atomic mass is 10.3. The van der Waals surface area contributed by atoms with Crippen LogP contribution in [0.4, 0.5) is 0 Å². The molecule has 0 fully saturated rings. The molecule has 0 radical (unpaired) electrons. The largest absolute Gasteiger partial charge is 0.374 e. The van der Waals surface area contributed by atoms with Crippen molar-refractivity contribution < 1.29 is 4.74 Å². The van der Waals surface area contributed by atoms with Crippen LogP contribution in [0.3, 0.4) is 0 Å². The third kappa shape index (κ3) is 1.99. The average Bonchev–Trinajstić information content (AvgIpc) is 2.39. The van der Waals surface area contributed by atoms with E-state index >= 15 is 0 Å². The Balaban J connectivity index is 2.73. The van der Waals surface area contributed by atoms with Gasteiger partial charge in [0.05, 0.1) is 10.7 Å². The lowest BCUT2D eigenvalue weighted by molar-refractivity contribution is 0.107. The Morgan fingerprint density at radius 2 is 2.55 bits per heavy atom. The van der Waals surface area contributed by atoms with Crippen molar-refractivity contribution in [2.45, 2.75) is 13.0 Å². The summed E-state index contributed by atoms with van der Waals surface area (Å²) in [5.41, 5.74) is 6.41. The Morgan fingerprint density at radius 3 is 2.91 bits per heavy atom. The summed E-state index contributed by atoms with van der Waals surface area (Å²) in [5.74, 6) is 0. The van der Waals surface area contributed by atoms with E-state index in [2.05, 4.69) is 4.98 Å². The van der Waals surface area contributed by atoms with Crippen LogP contribution in [0, 0.1) is 6.92 Å². The predicted molar refractivity (Wildman–Crippen MR) is 45.7 cm³/mol. The summed E-state index contributed by atoms with van der Waals surface area (Å²) in [5, 5.41) is 3.03. The van der Waals surface area contributed by atoms with Gasteiger partial charge in [0.1, 0.15) is 6.10 Å². The minimum atomic E-state index is -0.0417. The first-order valence-corrected chi connectivity index (χ1v) is 4.30. The number of rotatable bonds is 3. The van der Waals surface area contributed by atoms with Crippen molar-refractivity contribution in [3.05, 3.63) is 16.1 Å². The number of nitrogens with two attached hydrogens (primary N) is 1. The standard InChI is InChI=1S/C7H12N2OS/c1-5-9-6(4-11-5)7(3-8)10-2/h4,7H,3,8H2,1-2H3. The zero-order chi connectivity index (χ0) is 8.27. The maximum atomic E-state index is 5.46. The summed E-state index contributed by atoms with van der Waals surface area (Å²) in [6, 6.07) is 0. The molecule has 1 unspecified atom stereocenters. The van der Waals surface area contributed by atoms with Crippen LogP contribution in [0.1, 0.15) is 16.8 Å². The minimum absolute atomic E-state index is 0.0417. The highest BCUT2D eigenvalue weighted by atomic mass is 32.1. The second kappa shape index (κ2) is 3.80. The summed E-state index contributed by atoms with van der Waals surface area (Å²) in [4.78, 5) is 4.27. The summed E-state index contributed by atoms with van der Waals surface area (Å²) in [7, 11) is 1.65. The lowest BCUT2D eigenvalue weighted by Gasteiger charge is -2.08. The number of aromatic nitrogens is 1. The van der Waals surface area contributed by atoms with E-state index in [-0.39, 0.29) is 6.10 Å². The van der Waals surface area contributed by atoms with Gasteiger partial charge in [0.2, 0.25) is 0 Å². The van der Waals surface area contributed by atoms with Crippen LogP contribution in [-0.2, 0) is 4.74 Å². The van der Waals surface area contributed by atoms with Crippen molar-refractivity contribution >= 4 is 11.3 Å². The number of nitrogens with zero attached hydrogens (tertiary/aromatic N) is 1. The third-order valence-corrected chi connectivity index (χ3v) is 2.26. The van der Waals surface area contributed by atoms with Crippen LogP contribution in [0.25, 0.3) is 0 Å². The third-order valence-electron chi connectivity index (χ3n) is 1.47. The molecule has 1 atom stereocenters. The molecule has 0 aliphatic rings. The molecule has 11 heavy (non-hydrogen) atoms. The lowest BCUT2D eigenvalue weighted by Crippen LogP contribution is -2.14. The average molecular weight is 172 g/mol. The highest BCUT2D eigenvalue weighted by Crippen LogP contribution is 2.17. The topological polar surface area (TPSA) is 48.1 Å². The molecule has 0 saturated heterocycles.